The van der Waals surface area contributed by atoms with Crippen LogP contribution in [0, 0.1) is 0 Å². The first-order chi connectivity index (χ1) is 2.77. The highest BCUT2D eigenvalue weighted by atomic mass is 79.9. The van der Waals surface area contributed by atoms with Crippen molar-refractivity contribution in [2.75, 3.05) is 0 Å². The van der Waals surface area contributed by atoms with Crippen molar-refractivity contribution in [2.45, 2.75) is 6.92 Å². The molecule has 0 atom stereocenters. The van der Waals surface area contributed by atoms with Gasteiger partial charge in [0, 0.05) is 4.48 Å². The third-order valence-electron chi connectivity index (χ3n) is 0.348. The monoisotopic (exact) mass is 146 g/mol. The van der Waals surface area contributed by atoms with E-state index in [9.17, 15) is 0 Å². The van der Waals surface area contributed by atoms with Gasteiger partial charge in [0.15, 0.2) is 0 Å². The van der Waals surface area contributed by atoms with Gasteiger partial charge in [0.05, 0.1) is 0 Å². The quantitative estimate of drug-likeness (QED) is 0.499. The topological polar surface area (TPSA) is 0 Å². The SMILES string of the molecule is C=C(Br)/C=C/C. The van der Waals surface area contributed by atoms with Gasteiger partial charge >= 0.3 is 0 Å². The molecule has 0 fully saturated rings. The molecule has 0 aliphatic carbocycles. The predicted molar refractivity (Wildman–Crippen MR) is 32.9 cm³/mol. The van der Waals surface area contributed by atoms with Crippen LogP contribution in [0.5, 0.6) is 0 Å². The summed E-state index contributed by atoms with van der Waals surface area (Å²) in [5, 5.41) is 0. The fraction of sp³-hybridized carbons (Fsp3) is 0.200. The van der Waals surface area contributed by atoms with Crippen molar-refractivity contribution in [1.29, 1.82) is 0 Å². The largest absolute Gasteiger partial charge is 0.0866 e. The van der Waals surface area contributed by atoms with Crippen LogP contribution in [0.3, 0.4) is 0 Å². The number of allylic oxidation sites excluding steroid dienone is 3. The molecular weight excluding hydrogens is 140 g/mol. The van der Waals surface area contributed by atoms with Gasteiger partial charge < -0.3 is 0 Å². The molecule has 0 bridgehead atoms. The number of rotatable bonds is 1. The Balaban J connectivity index is 3.30. The lowest BCUT2D eigenvalue weighted by molar-refractivity contribution is 1.73. The Labute approximate surface area is 46.7 Å². The van der Waals surface area contributed by atoms with E-state index in [-0.39, 0.29) is 0 Å². The maximum absolute atomic E-state index is 3.57. The van der Waals surface area contributed by atoms with E-state index in [2.05, 4.69) is 22.5 Å². The molecule has 0 radical (unpaired) electrons. The zero-order valence-electron chi connectivity index (χ0n) is 3.74. The first kappa shape index (κ1) is 5.96. The molecule has 0 aromatic heterocycles. The van der Waals surface area contributed by atoms with Crippen LogP contribution in [-0.2, 0) is 0 Å². The lowest BCUT2D eigenvalue weighted by Crippen LogP contribution is -1.47. The fourth-order valence-corrected chi connectivity index (χ4v) is 0.445. The zero-order chi connectivity index (χ0) is 4.99. The molecule has 0 saturated carbocycles. The number of halogens is 1. The van der Waals surface area contributed by atoms with E-state index < -0.39 is 0 Å². The van der Waals surface area contributed by atoms with Crippen molar-refractivity contribution in [3.63, 3.8) is 0 Å². The molecule has 0 rings (SSSR count). The first-order valence-corrected chi connectivity index (χ1v) is 2.53. The molecule has 0 saturated heterocycles. The number of hydrogen-bond donors (Lipinski definition) is 0. The minimum absolute atomic E-state index is 0.921. The first-order valence-electron chi connectivity index (χ1n) is 1.74. The smallest absolute Gasteiger partial charge is 0.00996 e. The standard InChI is InChI=1S/C5H7Br/c1-3-4-5(2)6/h3-4H,2H2,1H3/b4-3+. The maximum atomic E-state index is 3.57. The van der Waals surface area contributed by atoms with E-state index in [0.717, 1.165) is 4.48 Å². The Hall–Kier alpha value is -0.0400. The van der Waals surface area contributed by atoms with Gasteiger partial charge in [-0.1, -0.05) is 34.7 Å². The van der Waals surface area contributed by atoms with Gasteiger partial charge in [0.1, 0.15) is 0 Å². The van der Waals surface area contributed by atoms with Gasteiger partial charge in [0.2, 0.25) is 0 Å². The highest BCUT2D eigenvalue weighted by Crippen LogP contribution is 1.99. The molecule has 0 spiro atoms. The maximum Gasteiger partial charge on any atom is 0.00996 e. The van der Waals surface area contributed by atoms with E-state index in [4.69, 9.17) is 0 Å². The van der Waals surface area contributed by atoms with Crippen molar-refractivity contribution in [1.82, 2.24) is 0 Å². The Bertz CT molecular complexity index is 72.0. The molecule has 6 heavy (non-hydrogen) atoms. The minimum atomic E-state index is 0.921. The second-order valence-corrected chi connectivity index (χ2v) is 1.97. The van der Waals surface area contributed by atoms with Gasteiger partial charge in [-0.25, -0.2) is 0 Å². The summed E-state index contributed by atoms with van der Waals surface area (Å²) in [5.41, 5.74) is 0. The van der Waals surface area contributed by atoms with Crippen LogP contribution in [0.15, 0.2) is 23.2 Å². The Morgan fingerprint density at radius 2 is 2.33 bits per heavy atom. The molecule has 0 unspecified atom stereocenters. The zero-order valence-corrected chi connectivity index (χ0v) is 5.33. The summed E-state index contributed by atoms with van der Waals surface area (Å²) in [5.74, 6) is 0. The van der Waals surface area contributed by atoms with Crippen LogP contribution in [-0.4, -0.2) is 0 Å². The molecule has 0 nitrogen and oxygen atoms in total. The van der Waals surface area contributed by atoms with Gasteiger partial charge in [-0.15, -0.1) is 0 Å². The summed E-state index contributed by atoms with van der Waals surface area (Å²) in [7, 11) is 0. The van der Waals surface area contributed by atoms with Gasteiger partial charge in [-0.3, -0.25) is 0 Å². The van der Waals surface area contributed by atoms with Crippen LogP contribution < -0.4 is 0 Å². The second-order valence-electron chi connectivity index (χ2n) is 0.947. The molecule has 0 aliphatic rings. The summed E-state index contributed by atoms with van der Waals surface area (Å²) >= 11 is 3.15. The highest BCUT2D eigenvalue weighted by molar-refractivity contribution is 9.11. The van der Waals surface area contributed by atoms with Crippen molar-refractivity contribution < 1.29 is 0 Å². The average Bonchev–Trinajstić information content (AvgIpc) is 1.35. The van der Waals surface area contributed by atoms with Crippen LogP contribution >= 0.6 is 15.9 Å². The van der Waals surface area contributed by atoms with Crippen molar-refractivity contribution >= 4 is 15.9 Å². The fourth-order valence-electron chi connectivity index (χ4n) is 0.181. The van der Waals surface area contributed by atoms with Crippen LogP contribution in [0.25, 0.3) is 0 Å². The Kier molecular flexibility index (Phi) is 3.14. The normalized spacial score (nSPS) is 9.67. The lowest BCUT2D eigenvalue weighted by Gasteiger charge is -1.73. The Morgan fingerprint density at radius 3 is 2.33 bits per heavy atom. The van der Waals surface area contributed by atoms with E-state index >= 15 is 0 Å². The second kappa shape index (κ2) is 3.16. The van der Waals surface area contributed by atoms with Crippen LogP contribution in [0.2, 0.25) is 0 Å². The predicted octanol–water partition coefficient (Wildman–Crippen LogP) is 2.47. The summed E-state index contributed by atoms with van der Waals surface area (Å²) in [6.07, 6.45) is 3.82. The third-order valence-corrected chi connectivity index (χ3v) is 0.612. The minimum Gasteiger partial charge on any atom is -0.0866 e. The summed E-state index contributed by atoms with van der Waals surface area (Å²) in [4.78, 5) is 0. The van der Waals surface area contributed by atoms with Gasteiger partial charge in [-0.05, 0) is 6.92 Å². The molecule has 0 amide bonds. The van der Waals surface area contributed by atoms with E-state index in [1.807, 2.05) is 19.1 Å². The van der Waals surface area contributed by atoms with E-state index in [0.29, 0.717) is 0 Å². The average molecular weight is 147 g/mol. The lowest BCUT2D eigenvalue weighted by atomic mass is 10.5. The van der Waals surface area contributed by atoms with E-state index in [1.165, 1.54) is 0 Å². The highest BCUT2D eigenvalue weighted by Gasteiger charge is 1.66. The van der Waals surface area contributed by atoms with Crippen molar-refractivity contribution in [3.05, 3.63) is 23.2 Å². The third kappa shape index (κ3) is 3.96. The molecule has 0 aromatic carbocycles. The molecule has 1 heteroatoms. The van der Waals surface area contributed by atoms with Gasteiger partial charge in [0.25, 0.3) is 0 Å². The summed E-state index contributed by atoms with van der Waals surface area (Å²) in [6, 6.07) is 0. The van der Waals surface area contributed by atoms with Gasteiger partial charge in [-0.2, -0.15) is 0 Å². The van der Waals surface area contributed by atoms with Crippen molar-refractivity contribution in [2.24, 2.45) is 0 Å². The molecule has 0 heterocycles. The molecule has 34 valence electrons. The van der Waals surface area contributed by atoms with Crippen LogP contribution in [0.4, 0.5) is 0 Å². The molecule has 0 N–H and O–H groups in total. The van der Waals surface area contributed by atoms with E-state index in [1.54, 1.807) is 0 Å². The molecule has 0 aromatic rings. The summed E-state index contributed by atoms with van der Waals surface area (Å²) < 4.78 is 0.921. The number of hydrogen-bond acceptors (Lipinski definition) is 0. The molecular formula is C5H7Br. The molecule has 0 aliphatic heterocycles. The summed E-state index contributed by atoms with van der Waals surface area (Å²) in [6.45, 7) is 5.53. The van der Waals surface area contributed by atoms with Crippen molar-refractivity contribution in [3.8, 4) is 0 Å². The van der Waals surface area contributed by atoms with Crippen LogP contribution in [0.1, 0.15) is 6.92 Å². The Morgan fingerprint density at radius 1 is 1.83 bits per heavy atom.